The monoisotopic (exact) mass is 232 g/mol. The van der Waals surface area contributed by atoms with Crippen LogP contribution in [0.5, 0.6) is 0 Å². The molecular weight excluding hydrogens is 212 g/mol. The summed E-state index contributed by atoms with van der Waals surface area (Å²) in [6.45, 7) is 4.92. The summed E-state index contributed by atoms with van der Waals surface area (Å²) in [5.41, 5.74) is 9.34. The Morgan fingerprint density at radius 3 is 2.71 bits per heavy atom. The van der Waals surface area contributed by atoms with Gasteiger partial charge in [0.15, 0.2) is 0 Å². The molecule has 3 nitrogen and oxygen atoms in total. The van der Waals surface area contributed by atoms with Crippen LogP contribution in [0.3, 0.4) is 0 Å². The summed E-state index contributed by atoms with van der Waals surface area (Å²) in [6.07, 6.45) is 1.45. The standard InChI is InChI=1S/C14H20N2O/c1-14(2,9-15)11-5-6-12-10(8-11)4-7-13(17)16(12)3/h5-6,8H,4,7,9,15H2,1-3H3. The van der Waals surface area contributed by atoms with Crippen LogP contribution in [-0.2, 0) is 16.6 Å². The van der Waals surface area contributed by atoms with Crippen LogP contribution < -0.4 is 10.6 Å². The minimum atomic E-state index is -0.00490. The third kappa shape index (κ3) is 2.07. The average Bonchev–Trinajstić information content (AvgIpc) is 2.33. The number of benzene rings is 1. The molecule has 0 radical (unpaired) electrons. The molecule has 1 heterocycles. The van der Waals surface area contributed by atoms with Crippen LogP contribution in [0.1, 0.15) is 31.4 Å². The fraction of sp³-hybridized carbons (Fsp3) is 0.500. The van der Waals surface area contributed by atoms with Crippen LogP contribution in [0.4, 0.5) is 5.69 Å². The Balaban J connectivity index is 2.42. The van der Waals surface area contributed by atoms with Gasteiger partial charge in [0.1, 0.15) is 0 Å². The van der Waals surface area contributed by atoms with Crippen LogP contribution in [0, 0.1) is 0 Å². The fourth-order valence-corrected chi connectivity index (χ4v) is 2.20. The van der Waals surface area contributed by atoms with Crippen molar-refractivity contribution in [1.82, 2.24) is 0 Å². The molecule has 0 spiro atoms. The first-order chi connectivity index (χ1) is 7.95. The Kier molecular flexibility index (Phi) is 2.96. The van der Waals surface area contributed by atoms with Crippen LogP contribution in [0.15, 0.2) is 18.2 Å². The summed E-state index contributed by atoms with van der Waals surface area (Å²) in [5, 5.41) is 0. The summed E-state index contributed by atoms with van der Waals surface area (Å²) in [7, 11) is 1.84. The summed E-state index contributed by atoms with van der Waals surface area (Å²) in [4.78, 5) is 13.3. The highest BCUT2D eigenvalue weighted by Gasteiger charge is 2.24. The molecule has 2 rings (SSSR count). The third-order valence-corrected chi connectivity index (χ3v) is 3.71. The van der Waals surface area contributed by atoms with Crippen molar-refractivity contribution in [2.24, 2.45) is 5.73 Å². The first-order valence-corrected chi connectivity index (χ1v) is 6.06. The maximum absolute atomic E-state index is 11.6. The van der Waals surface area contributed by atoms with Gasteiger partial charge >= 0.3 is 0 Å². The molecule has 0 bridgehead atoms. The van der Waals surface area contributed by atoms with Gasteiger partial charge in [-0.05, 0) is 23.6 Å². The minimum Gasteiger partial charge on any atom is -0.330 e. The summed E-state index contributed by atoms with van der Waals surface area (Å²) in [6, 6.07) is 6.32. The summed E-state index contributed by atoms with van der Waals surface area (Å²) < 4.78 is 0. The molecule has 0 saturated heterocycles. The lowest BCUT2D eigenvalue weighted by atomic mass is 9.83. The largest absolute Gasteiger partial charge is 0.330 e. The number of anilines is 1. The Morgan fingerprint density at radius 1 is 1.35 bits per heavy atom. The Labute approximate surface area is 103 Å². The molecule has 0 unspecified atom stereocenters. The molecule has 17 heavy (non-hydrogen) atoms. The molecule has 0 atom stereocenters. The Hall–Kier alpha value is -1.35. The first-order valence-electron chi connectivity index (χ1n) is 6.06. The van der Waals surface area contributed by atoms with Crippen molar-refractivity contribution >= 4 is 11.6 Å². The fourth-order valence-electron chi connectivity index (χ4n) is 2.20. The van der Waals surface area contributed by atoms with Gasteiger partial charge in [-0.15, -0.1) is 0 Å². The molecule has 0 aromatic heterocycles. The smallest absolute Gasteiger partial charge is 0.227 e. The van der Waals surface area contributed by atoms with Crippen LogP contribution in [0.25, 0.3) is 0 Å². The zero-order chi connectivity index (χ0) is 12.6. The van der Waals surface area contributed by atoms with E-state index in [1.807, 2.05) is 13.1 Å². The number of nitrogens with two attached hydrogens (primary N) is 1. The molecule has 0 fully saturated rings. The number of carbonyl (C=O) groups is 1. The van der Waals surface area contributed by atoms with E-state index < -0.39 is 0 Å². The molecule has 3 heteroatoms. The molecule has 2 N–H and O–H groups in total. The molecule has 1 aromatic rings. The first kappa shape index (κ1) is 12.1. The summed E-state index contributed by atoms with van der Waals surface area (Å²) in [5.74, 6) is 0.198. The maximum atomic E-state index is 11.6. The van der Waals surface area contributed by atoms with E-state index in [1.165, 1.54) is 11.1 Å². The second-order valence-corrected chi connectivity index (χ2v) is 5.38. The van der Waals surface area contributed by atoms with Crippen molar-refractivity contribution in [3.05, 3.63) is 29.3 Å². The second-order valence-electron chi connectivity index (χ2n) is 5.38. The average molecular weight is 232 g/mol. The van der Waals surface area contributed by atoms with Crippen molar-refractivity contribution in [1.29, 1.82) is 0 Å². The number of hydrogen-bond donors (Lipinski definition) is 1. The minimum absolute atomic E-state index is 0.00490. The topological polar surface area (TPSA) is 46.3 Å². The van der Waals surface area contributed by atoms with Crippen molar-refractivity contribution in [2.75, 3.05) is 18.5 Å². The van der Waals surface area contributed by atoms with E-state index in [9.17, 15) is 4.79 Å². The van der Waals surface area contributed by atoms with Crippen molar-refractivity contribution in [2.45, 2.75) is 32.1 Å². The highest BCUT2D eigenvalue weighted by Crippen LogP contribution is 2.31. The number of nitrogens with zero attached hydrogens (tertiary/aromatic N) is 1. The SMILES string of the molecule is CN1C(=O)CCc2cc(C(C)(C)CN)ccc21. The van der Waals surface area contributed by atoms with E-state index in [0.29, 0.717) is 13.0 Å². The van der Waals surface area contributed by atoms with Crippen molar-refractivity contribution in [3.63, 3.8) is 0 Å². The zero-order valence-electron chi connectivity index (χ0n) is 10.8. The van der Waals surface area contributed by atoms with Crippen LogP contribution in [-0.4, -0.2) is 19.5 Å². The number of carbonyl (C=O) groups excluding carboxylic acids is 1. The lowest BCUT2D eigenvalue weighted by molar-refractivity contribution is -0.118. The van der Waals surface area contributed by atoms with E-state index in [1.54, 1.807) is 4.90 Å². The highest BCUT2D eigenvalue weighted by molar-refractivity contribution is 5.95. The predicted octanol–water partition coefficient (Wildman–Crippen LogP) is 1.83. The van der Waals surface area contributed by atoms with Crippen molar-refractivity contribution in [3.8, 4) is 0 Å². The van der Waals surface area contributed by atoms with E-state index in [2.05, 4.69) is 26.0 Å². The molecule has 1 amide bonds. The lowest BCUT2D eigenvalue weighted by Gasteiger charge is -2.29. The van der Waals surface area contributed by atoms with Gasteiger partial charge in [-0.1, -0.05) is 26.0 Å². The van der Waals surface area contributed by atoms with Gasteiger partial charge < -0.3 is 10.6 Å². The molecule has 0 saturated carbocycles. The molecular formula is C14H20N2O. The lowest BCUT2D eigenvalue weighted by Crippen LogP contribution is -2.32. The van der Waals surface area contributed by atoms with E-state index >= 15 is 0 Å². The molecule has 0 aliphatic carbocycles. The maximum Gasteiger partial charge on any atom is 0.227 e. The number of amides is 1. The number of aryl methyl sites for hydroxylation is 1. The van der Waals surface area contributed by atoms with E-state index in [-0.39, 0.29) is 11.3 Å². The number of hydrogen-bond acceptors (Lipinski definition) is 2. The zero-order valence-corrected chi connectivity index (χ0v) is 10.8. The van der Waals surface area contributed by atoms with Crippen LogP contribution >= 0.6 is 0 Å². The van der Waals surface area contributed by atoms with Gasteiger partial charge in [0.2, 0.25) is 5.91 Å². The van der Waals surface area contributed by atoms with E-state index in [4.69, 9.17) is 5.73 Å². The third-order valence-electron chi connectivity index (χ3n) is 3.71. The van der Waals surface area contributed by atoms with Gasteiger partial charge in [-0.3, -0.25) is 4.79 Å². The van der Waals surface area contributed by atoms with Gasteiger partial charge in [-0.2, -0.15) is 0 Å². The van der Waals surface area contributed by atoms with Gasteiger partial charge in [0.05, 0.1) is 0 Å². The van der Waals surface area contributed by atoms with Gasteiger partial charge in [-0.25, -0.2) is 0 Å². The number of rotatable bonds is 2. The summed E-state index contributed by atoms with van der Waals surface area (Å²) >= 11 is 0. The molecule has 1 aliphatic heterocycles. The van der Waals surface area contributed by atoms with Gasteiger partial charge in [0.25, 0.3) is 0 Å². The Morgan fingerprint density at radius 2 is 2.06 bits per heavy atom. The van der Waals surface area contributed by atoms with Crippen LogP contribution in [0.2, 0.25) is 0 Å². The second kappa shape index (κ2) is 4.15. The Bertz CT molecular complexity index is 452. The van der Waals surface area contributed by atoms with Crippen molar-refractivity contribution < 1.29 is 4.79 Å². The van der Waals surface area contributed by atoms with Gasteiger partial charge in [0, 0.05) is 31.1 Å². The number of fused-ring (bicyclic) bond motifs is 1. The molecule has 1 aliphatic rings. The molecule has 1 aromatic carbocycles. The molecule has 92 valence electrons. The highest BCUT2D eigenvalue weighted by atomic mass is 16.2. The quantitative estimate of drug-likeness (QED) is 0.845. The normalized spacial score (nSPS) is 16.0. The predicted molar refractivity (Wildman–Crippen MR) is 70.3 cm³/mol. The van der Waals surface area contributed by atoms with E-state index in [0.717, 1.165) is 12.1 Å².